The van der Waals surface area contributed by atoms with Crippen LogP contribution in [0.4, 0.5) is 8.78 Å². The van der Waals surface area contributed by atoms with Gasteiger partial charge in [0.05, 0.1) is 6.54 Å². The molecule has 5 aliphatic rings. The van der Waals surface area contributed by atoms with E-state index in [1.165, 1.54) is 11.3 Å². The molecule has 5 fully saturated rings. The second kappa shape index (κ2) is 4.18. The molecule has 1 heterocycles. The molecule has 5 rings (SSSR count). The highest BCUT2D eigenvalue weighted by molar-refractivity contribution is 5.77. The SMILES string of the molecule is NC12CC3CC(C1)CC(CC(=O)N1CCC(F)(F)C1)(C3)C2. The molecule has 4 aliphatic carbocycles. The maximum Gasteiger partial charge on any atom is 0.267 e. The zero-order valence-corrected chi connectivity index (χ0v) is 12.4. The molecular weight excluding hydrogens is 274 g/mol. The maximum absolute atomic E-state index is 13.3. The van der Waals surface area contributed by atoms with Gasteiger partial charge in [0.15, 0.2) is 0 Å². The number of nitrogens with two attached hydrogens (primary N) is 1. The Morgan fingerprint density at radius 1 is 1.19 bits per heavy atom. The van der Waals surface area contributed by atoms with Crippen molar-refractivity contribution in [3.05, 3.63) is 0 Å². The Labute approximate surface area is 124 Å². The second-order valence-corrected chi connectivity index (χ2v) is 8.42. The Kier molecular flexibility index (Phi) is 2.77. The summed E-state index contributed by atoms with van der Waals surface area (Å²) in [5.74, 6) is -1.45. The molecule has 2 unspecified atom stereocenters. The Morgan fingerprint density at radius 3 is 2.38 bits per heavy atom. The van der Waals surface area contributed by atoms with Crippen molar-refractivity contribution in [2.45, 2.75) is 62.8 Å². The van der Waals surface area contributed by atoms with Crippen molar-refractivity contribution in [2.24, 2.45) is 23.0 Å². The first-order chi connectivity index (χ1) is 9.77. The zero-order valence-electron chi connectivity index (χ0n) is 12.4. The number of carbonyl (C=O) groups excluding carboxylic acids is 1. The van der Waals surface area contributed by atoms with Gasteiger partial charge in [0.2, 0.25) is 5.91 Å². The summed E-state index contributed by atoms with van der Waals surface area (Å²) in [5, 5.41) is 0. The third-order valence-electron chi connectivity index (χ3n) is 6.28. The zero-order chi connectivity index (χ0) is 14.9. The predicted molar refractivity (Wildman–Crippen MR) is 74.8 cm³/mol. The summed E-state index contributed by atoms with van der Waals surface area (Å²) in [6.07, 6.45) is 6.80. The lowest BCUT2D eigenvalue weighted by atomic mass is 9.46. The van der Waals surface area contributed by atoms with Gasteiger partial charge in [0.1, 0.15) is 0 Å². The number of rotatable bonds is 2. The monoisotopic (exact) mass is 298 g/mol. The Morgan fingerprint density at radius 2 is 1.86 bits per heavy atom. The van der Waals surface area contributed by atoms with Crippen LogP contribution in [0, 0.1) is 17.3 Å². The van der Waals surface area contributed by atoms with Gasteiger partial charge in [-0.15, -0.1) is 0 Å². The topological polar surface area (TPSA) is 46.3 Å². The van der Waals surface area contributed by atoms with Crippen LogP contribution in [0.5, 0.6) is 0 Å². The van der Waals surface area contributed by atoms with E-state index in [1.807, 2.05) is 0 Å². The Hall–Kier alpha value is -0.710. The molecule has 1 aliphatic heterocycles. The third-order valence-corrected chi connectivity index (χ3v) is 6.28. The minimum atomic E-state index is -2.69. The fraction of sp³-hybridized carbons (Fsp3) is 0.938. The molecule has 1 amide bonds. The third kappa shape index (κ3) is 2.37. The Balaban J connectivity index is 1.48. The highest BCUT2D eigenvalue weighted by atomic mass is 19.3. The lowest BCUT2D eigenvalue weighted by Gasteiger charge is -2.61. The highest BCUT2D eigenvalue weighted by Crippen LogP contribution is 2.62. The van der Waals surface area contributed by atoms with Gasteiger partial charge in [-0.2, -0.15) is 0 Å². The van der Waals surface area contributed by atoms with Gasteiger partial charge in [-0.3, -0.25) is 4.79 Å². The summed E-state index contributed by atoms with van der Waals surface area (Å²) >= 11 is 0. The summed E-state index contributed by atoms with van der Waals surface area (Å²) in [6, 6.07) is 0. The van der Waals surface area contributed by atoms with E-state index < -0.39 is 5.92 Å². The van der Waals surface area contributed by atoms with Gasteiger partial charge in [0, 0.05) is 24.9 Å². The van der Waals surface area contributed by atoms with Crippen molar-refractivity contribution in [2.75, 3.05) is 13.1 Å². The minimum Gasteiger partial charge on any atom is -0.336 e. The van der Waals surface area contributed by atoms with E-state index in [0.29, 0.717) is 18.3 Å². The van der Waals surface area contributed by atoms with E-state index in [-0.39, 0.29) is 36.4 Å². The molecule has 2 N–H and O–H groups in total. The summed E-state index contributed by atoms with van der Waals surface area (Å²) in [6.45, 7) is -0.176. The first-order valence-electron chi connectivity index (χ1n) is 8.21. The van der Waals surface area contributed by atoms with Gasteiger partial charge < -0.3 is 10.6 Å². The highest BCUT2D eigenvalue weighted by Gasteiger charge is 2.57. The standard InChI is InChI=1S/C16H24F2N2O/c17-16(18)1-2-20(10-16)13(21)8-14-4-11-3-12(5-14)7-15(19,6-11)9-14/h11-12H,1-10,19H2. The van der Waals surface area contributed by atoms with Gasteiger partial charge in [-0.25, -0.2) is 8.78 Å². The average molecular weight is 298 g/mol. The van der Waals surface area contributed by atoms with E-state index in [2.05, 4.69) is 0 Å². The van der Waals surface area contributed by atoms with E-state index in [9.17, 15) is 13.6 Å². The smallest absolute Gasteiger partial charge is 0.267 e. The second-order valence-electron chi connectivity index (χ2n) is 8.42. The molecule has 5 heteroatoms. The molecule has 4 saturated carbocycles. The van der Waals surface area contributed by atoms with Crippen LogP contribution in [0.2, 0.25) is 0 Å². The van der Waals surface area contributed by atoms with Crippen molar-refractivity contribution in [1.82, 2.24) is 4.90 Å². The molecule has 0 aromatic carbocycles. The molecule has 21 heavy (non-hydrogen) atoms. The molecule has 4 bridgehead atoms. The average Bonchev–Trinajstić information content (AvgIpc) is 2.65. The minimum absolute atomic E-state index is 0.00773. The van der Waals surface area contributed by atoms with Crippen molar-refractivity contribution in [3.63, 3.8) is 0 Å². The molecule has 0 radical (unpaired) electrons. The van der Waals surface area contributed by atoms with Crippen molar-refractivity contribution in [1.29, 1.82) is 0 Å². The van der Waals surface area contributed by atoms with Crippen molar-refractivity contribution >= 4 is 5.91 Å². The normalized spacial score (nSPS) is 47.1. The fourth-order valence-corrected chi connectivity index (χ4v) is 6.11. The number of carbonyl (C=O) groups is 1. The first kappa shape index (κ1) is 13.9. The van der Waals surface area contributed by atoms with Crippen molar-refractivity contribution in [3.8, 4) is 0 Å². The van der Waals surface area contributed by atoms with E-state index in [0.717, 1.165) is 32.1 Å². The number of halogens is 2. The quantitative estimate of drug-likeness (QED) is 0.851. The molecular formula is C16H24F2N2O. The molecule has 1 saturated heterocycles. The van der Waals surface area contributed by atoms with Crippen LogP contribution >= 0.6 is 0 Å². The molecule has 0 aromatic heterocycles. The molecule has 2 atom stereocenters. The van der Waals surface area contributed by atoms with Crippen LogP contribution in [0.3, 0.4) is 0 Å². The van der Waals surface area contributed by atoms with E-state index >= 15 is 0 Å². The van der Waals surface area contributed by atoms with Crippen molar-refractivity contribution < 1.29 is 13.6 Å². The van der Waals surface area contributed by atoms with Crippen LogP contribution in [-0.4, -0.2) is 35.4 Å². The molecule has 118 valence electrons. The van der Waals surface area contributed by atoms with Gasteiger partial charge >= 0.3 is 0 Å². The number of alkyl halides is 2. The molecule has 0 spiro atoms. The Bertz CT molecular complexity index is 465. The van der Waals surface area contributed by atoms with Crippen LogP contribution in [0.1, 0.15) is 51.4 Å². The number of hydrogen-bond acceptors (Lipinski definition) is 2. The lowest BCUT2D eigenvalue weighted by molar-refractivity contribution is -0.140. The van der Waals surface area contributed by atoms with Gasteiger partial charge in [-0.05, 0) is 55.8 Å². The summed E-state index contributed by atoms with van der Waals surface area (Å²) < 4.78 is 26.6. The largest absolute Gasteiger partial charge is 0.336 e. The first-order valence-corrected chi connectivity index (χ1v) is 8.21. The summed E-state index contributed by atoms with van der Waals surface area (Å²) in [7, 11) is 0. The lowest BCUT2D eigenvalue weighted by Crippen LogP contribution is -2.60. The fourth-order valence-electron chi connectivity index (χ4n) is 6.11. The van der Waals surface area contributed by atoms with Gasteiger partial charge in [0.25, 0.3) is 5.92 Å². The van der Waals surface area contributed by atoms with Crippen LogP contribution < -0.4 is 5.73 Å². The molecule has 0 aromatic rings. The molecule has 3 nitrogen and oxygen atoms in total. The van der Waals surface area contributed by atoms with Crippen LogP contribution in [0.25, 0.3) is 0 Å². The number of amides is 1. The van der Waals surface area contributed by atoms with Crippen LogP contribution in [-0.2, 0) is 4.79 Å². The van der Waals surface area contributed by atoms with E-state index in [1.54, 1.807) is 0 Å². The summed E-state index contributed by atoms with van der Waals surface area (Å²) in [5.41, 5.74) is 6.46. The number of likely N-dealkylation sites (tertiary alicyclic amines) is 1. The summed E-state index contributed by atoms with van der Waals surface area (Å²) in [4.78, 5) is 13.9. The number of nitrogens with zero attached hydrogens (tertiary/aromatic N) is 1. The number of hydrogen-bond donors (Lipinski definition) is 1. The van der Waals surface area contributed by atoms with Crippen LogP contribution in [0.15, 0.2) is 0 Å². The predicted octanol–water partition coefficient (Wildman–Crippen LogP) is 2.54. The van der Waals surface area contributed by atoms with Gasteiger partial charge in [-0.1, -0.05) is 0 Å². The van der Waals surface area contributed by atoms with E-state index in [4.69, 9.17) is 5.73 Å². The maximum atomic E-state index is 13.3.